The van der Waals surface area contributed by atoms with E-state index in [1.807, 2.05) is 0 Å². The van der Waals surface area contributed by atoms with Crippen molar-refractivity contribution in [2.24, 2.45) is 0 Å². The van der Waals surface area contributed by atoms with Crippen LogP contribution in [0.2, 0.25) is 0 Å². The van der Waals surface area contributed by atoms with E-state index in [-0.39, 0.29) is 17.2 Å². The number of pyridine rings is 1. The Bertz CT molecular complexity index is 657. The third-order valence-corrected chi connectivity index (χ3v) is 2.84. The van der Waals surface area contributed by atoms with E-state index in [9.17, 15) is 20.2 Å². The first-order valence-corrected chi connectivity index (χ1v) is 6.14. The fourth-order valence-electron chi connectivity index (χ4n) is 1.79. The molecule has 2 rings (SSSR count). The number of aromatic nitrogens is 1. The normalized spacial score (nSPS) is 10.1. The Morgan fingerprint density at radius 2 is 1.76 bits per heavy atom. The molecule has 0 aliphatic carbocycles. The van der Waals surface area contributed by atoms with Crippen LogP contribution in [0.3, 0.4) is 0 Å². The lowest BCUT2D eigenvalue weighted by Crippen LogP contribution is -2.08. The van der Waals surface area contributed by atoms with Crippen LogP contribution >= 0.6 is 0 Å². The standard InChI is InChI=1S/C13H12N4O4/c18-16(19)11-5-3-10(4-6-11)7-9-15-13-12(17(20)21)2-1-8-14-13/h1-6,8H,7,9H2,(H,14,15). The van der Waals surface area contributed by atoms with Crippen molar-refractivity contribution < 1.29 is 9.85 Å². The minimum absolute atomic E-state index is 0.0343. The van der Waals surface area contributed by atoms with Gasteiger partial charge in [0.2, 0.25) is 5.82 Å². The van der Waals surface area contributed by atoms with Crippen molar-refractivity contribution in [3.8, 4) is 0 Å². The molecule has 0 aliphatic heterocycles. The fourth-order valence-corrected chi connectivity index (χ4v) is 1.79. The SMILES string of the molecule is O=[N+]([O-])c1ccc(CCNc2ncccc2[N+](=O)[O-])cc1. The molecule has 0 amide bonds. The molecule has 108 valence electrons. The molecule has 0 bridgehead atoms. The van der Waals surface area contributed by atoms with Gasteiger partial charge in [0.05, 0.1) is 9.85 Å². The number of hydrogen-bond donors (Lipinski definition) is 1. The zero-order chi connectivity index (χ0) is 15.2. The molecule has 8 heteroatoms. The summed E-state index contributed by atoms with van der Waals surface area (Å²) < 4.78 is 0. The van der Waals surface area contributed by atoms with E-state index in [2.05, 4.69) is 10.3 Å². The lowest BCUT2D eigenvalue weighted by molar-refractivity contribution is -0.384. The van der Waals surface area contributed by atoms with Crippen LogP contribution in [0.4, 0.5) is 17.2 Å². The van der Waals surface area contributed by atoms with Crippen molar-refractivity contribution >= 4 is 17.2 Å². The average Bonchev–Trinajstić information content (AvgIpc) is 2.48. The summed E-state index contributed by atoms with van der Waals surface area (Å²) in [5.74, 6) is 0.212. The van der Waals surface area contributed by atoms with Gasteiger partial charge in [-0.05, 0) is 18.1 Å². The first kappa shape index (κ1) is 14.4. The Balaban J connectivity index is 1.95. The Morgan fingerprint density at radius 3 is 2.38 bits per heavy atom. The van der Waals surface area contributed by atoms with Crippen molar-refractivity contribution in [1.29, 1.82) is 0 Å². The predicted molar refractivity (Wildman–Crippen MR) is 76.2 cm³/mol. The van der Waals surface area contributed by atoms with Crippen LogP contribution in [-0.2, 0) is 6.42 Å². The molecule has 0 spiro atoms. The van der Waals surface area contributed by atoms with Gasteiger partial charge in [-0.3, -0.25) is 20.2 Å². The van der Waals surface area contributed by atoms with Crippen LogP contribution in [0.5, 0.6) is 0 Å². The van der Waals surface area contributed by atoms with E-state index in [1.165, 1.54) is 30.5 Å². The Kier molecular flexibility index (Phi) is 4.39. The second kappa shape index (κ2) is 6.42. The first-order valence-electron chi connectivity index (χ1n) is 6.14. The lowest BCUT2D eigenvalue weighted by Gasteiger charge is -2.05. The second-order valence-electron chi connectivity index (χ2n) is 4.23. The molecule has 0 saturated carbocycles. The Hall–Kier alpha value is -3.03. The van der Waals surface area contributed by atoms with E-state index in [0.29, 0.717) is 13.0 Å². The smallest absolute Gasteiger partial charge is 0.311 e. The Labute approximate surface area is 119 Å². The number of hydrogen-bond acceptors (Lipinski definition) is 6. The maximum absolute atomic E-state index is 10.8. The highest BCUT2D eigenvalue weighted by molar-refractivity contribution is 5.55. The predicted octanol–water partition coefficient (Wildman–Crippen LogP) is 2.55. The highest BCUT2D eigenvalue weighted by Gasteiger charge is 2.13. The molecule has 1 heterocycles. The minimum atomic E-state index is -0.499. The van der Waals surface area contributed by atoms with Gasteiger partial charge in [-0.15, -0.1) is 0 Å². The van der Waals surface area contributed by atoms with Gasteiger partial charge < -0.3 is 5.32 Å². The van der Waals surface area contributed by atoms with Gasteiger partial charge in [0, 0.05) is 30.9 Å². The van der Waals surface area contributed by atoms with Gasteiger partial charge in [0.15, 0.2) is 0 Å². The van der Waals surface area contributed by atoms with Crippen molar-refractivity contribution in [1.82, 2.24) is 4.98 Å². The van der Waals surface area contributed by atoms with Gasteiger partial charge in [0.25, 0.3) is 5.69 Å². The zero-order valence-corrected chi connectivity index (χ0v) is 10.9. The number of nitrogens with zero attached hydrogens (tertiary/aromatic N) is 3. The maximum atomic E-state index is 10.8. The van der Waals surface area contributed by atoms with E-state index in [1.54, 1.807) is 12.1 Å². The van der Waals surface area contributed by atoms with Crippen LogP contribution in [0.1, 0.15) is 5.56 Å². The van der Waals surface area contributed by atoms with Gasteiger partial charge in [-0.2, -0.15) is 0 Å². The van der Waals surface area contributed by atoms with Crippen LogP contribution in [0.25, 0.3) is 0 Å². The molecule has 2 aromatic rings. The molecule has 1 aromatic carbocycles. The number of benzene rings is 1. The number of rotatable bonds is 6. The van der Waals surface area contributed by atoms with Crippen LogP contribution in [0.15, 0.2) is 42.6 Å². The number of nitrogens with one attached hydrogen (secondary N) is 1. The minimum Gasteiger partial charge on any atom is -0.364 e. The number of anilines is 1. The highest BCUT2D eigenvalue weighted by Crippen LogP contribution is 2.20. The van der Waals surface area contributed by atoms with Crippen molar-refractivity contribution in [3.63, 3.8) is 0 Å². The topological polar surface area (TPSA) is 111 Å². The lowest BCUT2D eigenvalue weighted by atomic mass is 10.1. The van der Waals surface area contributed by atoms with Crippen LogP contribution in [0, 0.1) is 20.2 Å². The molecule has 0 saturated heterocycles. The third kappa shape index (κ3) is 3.72. The summed E-state index contributed by atoms with van der Waals surface area (Å²) in [6.07, 6.45) is 2.05. The van der Waals surface area contributed by atoms with Crippen molar-refractivity contribution in [2.45, 2.75) is 6.42 Å². The number of nitro benzene ring substituents is 1. The molecule has 8 nitrogen and oxygen atoms in total. The molecule has 0 radical (unpaired) electrons. The van der Waals surface area contributed by atoms with Crippen LogP contribution < -0.4 is 5.32 Å². The zero-order valence-electron chi connectivity index (χ0n) is 10.9. The quantitative estimate of drug-likeness (QED) is 0.645. The van der Waals surface area contributed by atoms with Crippen LogP contribution in [-0.4, -0.2) is 21.4 Å². The summed E-state index contributed by atoms with van der Waals surface area (Å²) in [5.41, 5.74) is 0.847. The second-order valence-corrected chi connectivity index (χ2v) is 4.23. The Morgan fingerprint density at radius 1 is 1.05 bits per heavy atom. The molecule has 0 aliphatic rings. The van der Waals surface area contributed by atoms with E-state index < -0.39 is 9.85 Å². The largest absolute Gasteiger partial charge is 0.364 e. The molecule has 0 atom stereocenters. The molecule has 1 N–H and O–H groups in total. The summed E-state index contributed by atoms with van der Waals surface area (Å²) in [6.45, 7) is 0.440. The van der Waals surface area contributed by atoms with E-state index in [0.717, 1.165) is 5.56 Å². The molecular weight excluding hydrogens is 276 g/mol. The van der Waals surface area contributed by atoms with Crippen molar-refractivity contribution in [3.05, 3.63) is 68.4 Å². The fraction of sp³-hybridized carbons (Fsp3) is 0.154. The molecule has 21 heavy (non-hydrogen) atoms. The van der Waals surface area contributed by atoms with Gasteiger partial charge in [-0.25, -0.2) is 4.98 Å². The average molecular weight is 288 g/mol. The summed E-state index contributed by atoms with van der Waals surface area (Å²) >= 11 is 0. The summed E-state index contributed by atoms with van der Waals surface area (Å²) in [7, 11) is 0. The monoisotopic (exact) mass is 288 g/mol. The van der Waals surface area contributed by atoms with E-state index in [4.69, 9.17) is 0 Å². The van der Waals surface area contributed by atoms with E-state index >= 15 is 0 Å². The first-order chi connectivity index (χ1) is 10.1. The summed E-state index contributed by atoms with van der Waals surface area (Å²) in [5, 5.41) is 24.2. The summed E-state index contributed by atoms with van der Waals surface area (Å²) in [4.78, 5) is 24.3. The van der Waals surface area contributed by atoms with Crippen molar-refractivity contribution in [2.75, 3.05) is 11.9 Å². The molecule has 0 unspecified atom stereocenters. The molecule has 0 fully saturated rings. The van der Waals surface area contributed by atoms with Gasteiger partial charge in [-0.1, -0.05) is 12.1 Å². The maximum Gasteiger partial charge on any atom is 0.311 e. The number of non-ortho nitro benzene ring substituents is 1. The molecule has 1 aromatic heterocycles. The highest BCUT2D eigenvalue weighted by atomic mass is 16.6. The number of nitro groups is 2. The molecular formula is C13H12N4O4. The van der Waals surface area contributed by atoms with Gasteiger partial charge >= 0.3 is 5.69 Å². The third-order valence-electron chi connectivity index (χ3n) is 2.84. The summed E-state index contributed by atoms with van der Waals surface area (Å²) in [6, 6.07) is 9.05. The van der Waals surface area contributed by atoms with Gasteiger partial charge in [0.1, 0.15) is 0 Å².